The number of ether oxygens (including phenoxy) is 4. The third kappa shape index (κ3) is 3.54. The zero-order valence-corrected chi connectivity index (χ0v) is 16.0. The Morgan fingerprint density at radius 1 is 1.07 bits per heavy atom. The number of rotatable bonds is 4. The number of nitrogens with zero attached hydrogens (tertiary/aromatic N) is 4. The Morgan fingerprint density at radius 3 is 2.83 bits per heavy atom. The predicted octanol–water partition coefficient (Wildman–Crippen LogP) is 2.83. The highest BCUT2D eigenvalue weighted by molar-refractivity contribution is 7.99. The van der Waals surface area contributed by atoms with Crippen LogP contribution in [0.15, 0.2) is 53.7 Å². The normalized spacial score (nSPS) is 14.4. The molecule has 0 saturated heterocycles. The quantitative estimate of drug-likeness (QED) is 0.647. The van der Waals surface area contributed by atoms with Crippen molar-refractivity contribution in [1.29, 1.82) is 0 Å². The summed E-state index contributed by atoms with van der Waals surface area (Å²) in [5.41, 5.74) is 0. The van der Waals surface area contributed by atoms with Gasteiger partial charge in [-0.25, -0.2) is 14.5 Å². The number of fused-ring (bicyclic) bond motifs is 2. The molecule has 2 aliphatic heterocycles. The van der Waals surface area contributed by atoms with Gasteiger partial charge in [0.05, 0.1) is 6.54 Å². The highest BCUT2D eigenvalue weighted by Gasteiger charge is 2.29. The molecule has 0 saturated carbocycles. The molecule has 5 rings (SSSR count). The lowest BCUT2D eigenvalue weighted by atomic mass is 10.3. The first kappa shape index (κ1) is 17.7. The van der Waals surface area contributed by atoms with E-state index in [2.05, 4.69) is 10.2 Å². The molecule has 0 atom stereocenters. The lowest BCUT2D eigenvalue weighted by Gasteiger charge is -2.28. The molecule has 10 heteroatoms. The van der Waals surface area contributed by atoms with Crippen molar-refractivity contribution in [3.8, 4) is 23.0 Å². The predicted molar refractivity (Wildman–Crippen MR) is 103 cm³/mol. The van der Waals surface area contributed by atoms with E-state index in [-0.39, 0.29) is 13.4 Å². The SMILES string of the molecule is O=C(Oc1ccccc1)N1CCSc2nnc(COc3ccc4c(c3)OCO4)n21. The maximum absolute atomic E-state index is 12.7. The lowest BCUT2D eigenvalue weighted by molar-refractivity contribution is 0.173. The summed E-state index contributed by atoms with van der Waals surface area (Å²) >= 11 is 1.52. The first-order valence-electron chi connectivity index (χ1n) is 8.92. The summed E-state index contributed by atoms with van der Waals surface area (Å²) in [4.78, 5) is 12.7. The zero-order chi connectivity index (χ0) is 19.6. The molecule has 2 aliphatic rings. The van der Waals surface area contributed by atoms with E-state index in [0.717, 1.165) is 0 Å². The largest absolute Gasteiger partial charge is 0.485 e. The van der Waals surface area contributed by atoms with Crippen molar-refractivity contribution < 1.29 is 23.7 Å². The summed E-state index contributed by atoms with van der Waals surface area (Å²) in [5.74, 6) is 3.59. The Kier molecular flexibility index (Phi) is 4.60. The van der Waals surface area contributed by atoms with Gasteiger partial charge in [-0.3, -0.25) is 0 Å². The van der Waals surface area contributed by atoms with E-state index in [1.54, 1.807) is 35.0 Å². The summed E-state index contributed by atoms with van der Waals surface area (Å²) in [6, 6.07) is 14.3. The van der Waals surface area contributed by atoms with Crippen molar-refractivity contribution in [2.75, 3.05) is 24.1 Å². The lowest BCUT2D eigenvalue weighted by Crippen LogP contribution is -2.47. The summed E-state index contributed by atoms with van der Waals surface area (Å²) in [6.45, 7) is 0.799. The minimum Gasteiger partial charge on any atom is -0.485 e. The number of para-hydroxylation sites is 1. The molecule has 2 aromatic carbocycles. The van der Waals surface area contributed by atoms with Crippen LogP contribution in [0.2, 0.25) is 0 Å². The molecule has 1 aromatic heterocycles. The van der Waals surface area contributed by atoms with Gasteiger partial charge in [-0.2, -0.15) is 0 Å². The average molecular weight is 412 g/mol. The van der Waals surface area contributed by atoms with E-state index in [1.165, 1.54) is 16.8 Å². The van der Waals surface area contributed by atoms with Crippen molar-refractivity contribution in [3.05, 3.63) is 54.4 Å². The molecule has 0 N–H and O–H groups in total. The topological polar surface area (TPSA) is 87.9 Å². The van der Waals surface area contributed by atoms with Crippen molar-refractivity contribution in [2.45, 2.75) is 11.8 Å². The fourth-order valence-electron chi connectivity index (χ4n) is 2.97. The van der Waals surface area contributed by atoms with E-state index in [4.69, 9.17) is 18.9 Å². The number of carbonyl (C=O) groups is 1. The van der Waals surface area contributed by atoms with Gasteiger partial charge in [0.25, 0.3) is 0 Å². The Balaban J connectivity index is 1.33. The molecule has 0 fully saturated rings. The van der Waals surface area contributed by atoms with Gasteiger partial charge in [-0.15, -0.1) is 10.2 Å². The van der Waals surface area contributed by atoms with Crippen LogP contribution in [0.3, 0.4) is 0 Å². The van der Waals surface area contributed by atoms with E-state index in [9.17, 15) is 4.79 Å². The van der Waals surface area contributed by atoms with Gasteiger partial charge in [0.15, 0.2) is 17.3 Å². The number of aromatic nitrogens is 3. The summed E-state index contributed by atoms with van der Waals surface area (Å²) in [5, 5.41) is 10.5. The Labute approximate surface area is 170 Å². The van der Waals surface area contributed by atoms with Gasteiger partial charge in [0.2, 0.25) is 11.9 Å². The monoisotopic (exact) mass is 412 g/mol. The minimum atomic E-state index is -0.498. The first-order chi connectivity index (χ1) is 14.3. The third-order valence-electron chi connectivity index (χ3n) is 4.32. The van der Waals surface area contributed by atoms with Crippen LogP contribution < -0.4 is 24.0 Å². The van der Waals surface area contributed by atoms with Gasteiger partial charge < -0.3 is 18.9 Å². The number of hydrogen-bond donors (Lipinski definition) is 0. The second-order valence-corrected chi connectivity index (χ2v) is 7.23. The fraction of sp³-hybridized carbons (Fsp3) is 0.211. The fourth-order valence-corrected chi connectivity index (χ4v) is 3.84. The van der Waals surface area contributed by atoms with Crippen molar-refractivity contribution >= 4 is 17.9 Å². The Bertz CT molecular complexity index is 1040. The molecule has 148 valence electrons. The minimum absolute atomic E-state index is 0.127. The molecule has 29 heavy (non-hydrogen) atoms. The summed E-state index contributed by atoms with van der Waals surface area (Å²) in [7, 11) is 0. The molecule has 3 aromatic rings. The smallest absolute Gasteiger partial charge is 0.434 e. The van der Waals surface area contributed by atoms with Crippen molar-refractivity contribution in [3.63, 3.8) is 0 Å². The second-order valence-electron chi connectivity index (χ2n) is 6.17. The van der Waals surface area contributed by atoms with Crippen LogP contribution >= 0.6 is 11.8 Å². The molecular weight excluding hydrogens is 396 g/mol. The van der Waals surface area contributed by atoms with Crippen LogP contribution in [-0.2, 0) is 6.61 Å². The van der Waals surface area contributed by atoms with Gasteiger partial charge in [0.1, 0.15) is 18.1 Å². The van der Waals surface area contributed by atoms with E-state index in [1.807, 2.05) is 18.2 Å². The van der Waals surface area contributed by atoms with E-state index in [0.29, 0.717) is 46.3 Å². The van der Waals surface area contributed by atoms with Crippen LogP contribution in [0.4, 0.5) is 4.79 Å². The molecule has 0 aliphatic carbocycles. The van der Waals surface area contributed by atoms with Crippen LogP contribution in [0.5, 0.6) is 23.0 Å². The molecule has 9 nitrogen and oxygen atoms in total. The molecular formula is C19H16N4O5S. The van der Waals surface area contributed by atoms with E-state index < -0.39 is 6.09 Å². The zero-order valence-electron chi connectivity index (χ0n) is 15.2. The second kappa shape index (κ2) is 7.55. The number of hydrogen-bond acceptors (Lipinski definition) is 8. The Hall–Kier alpha value is -3.40. The maximum Gasteiger partial charge on any atom is 0.434 e. The number of thioether (sulfide) groups is 1. The van der Waals surface area contributed by atoms with Crippen LogP contribution in [0.25, 0.3) is 0 Å². The average Bonchev–Trinajstić information content (AvgIpc) is 3.39. The summed E-state index contributed by atoms with van der Waals surface area (Å²) in [6.07, 6.45) is -0.498. The van der Waals surface area contributed by atoms with Gasteiger partial charge in [0, 0.05) is 11.8 Å². The molecule has 0 bridgehead atoms. The van der Waals surface area contributed by atoms with Crippen molar-refractivity contribution in [2.24, 2.45) is 0 Å². The van der Waals surface area contributed by atoms with Crippen LogP contribution in [-0.4, -0.2) is 40.1 Å². The molecule has 3 heterocycles. The third-order valence-corrected chi connectivity index (χ3v) is 5.22. The van der Waals surface area contributed by atoms with Crippen LogP contribution in [0, 0.1) is 0 Å². The van der Waals surface area contributed by atoms with E-state index >= 15 is 0 Å². The Morgan fingerprint density at radius 2 is 1.93 bits per heavy atom. The highest BCUT2D eigenvalue weighted by atomic mass is 32.2. The van der Waals surface area contributed by atoms with Gasteiger partial charge in [-0.05, 0) is 24.3 Å². The molecule has 0 radical (unpaired) electrons. The first-order valence-corrected chi connectivity index (χ1v) is 9.91. The maximum atomic E-state index is 12.7. The van der Waals surface area contributed by atoms with Gasteiger partial charge in [-0.1, -0.05) is 30.0 Å². The van der Waals surface area contributed by atoms with Gasteiger partial charge >= 0.3 is 6.09 Å². The van der Waals surface area contributed by atoms with Crippen LogP contribution in [0.1, 0.15) is 5.82 Å². The highest BCUT2D eigenvalue weighted by Crippen LogP contribution is 2.35. The summed E-state index contributed by atoms with van der Waals surface area (Å²) < 4.78 is 23.6. The molecule has 0 unspecified atom stereocenters. The molecule has 0 spiro atoms. The number of benzene rings is 2. The standard InChI is InChI=1S/C19H16N4O5S/c24-19(28-13-4-2-1-3-5-13)22-8-9-29-18-21-20-17(23(18)22)11-25-14-6-7-15-16(10-14)27-12-26-15/h1-7,10H,8-9,11-12H2. The van der Waals surface area contributed by atoms with Crippen molar-refractivity contribution in [1.82, 2.24) is 14.9 Å². The molecule has 1 amide bonds. The number of amides is 1. The number of carbonyl (C=O) groups excluding carboxylic acids is 1.